The fraction of sp³-hybridized carbons (Fsp3) is 0.192. The van der Waals surface area contributed by atoms with E-state index >= 15 is 0 Å². The Kier molecular flexibility index (Phi) is 6.42. The predicted molar refractivity (Wildman–Crippen MR) is 120 cm³/mol. The Bertz CT molecular complexity index is 1110. The third-order valence-corrected chi connectivity index (χ3v) is 5.53. The number of rotatable bonds is 8. The largest absolute Gasteiger partial charge is 0.372 e. The number of hydrogen-bond acceptors (Lipinski definition) is 4. The van der Waals surface area contributed by atoms with Crippen LogP contribution < -0.4 is 5.32 Å². The Labute approximate surface area is 186 Å². The molecule has 162 valence electrons. The van der Waals surface area contributed by atoms with Gasteiger partial charge in [0.2, 0.25) is 5.91 Å². The average molecular weight is 428 g/mol. The normalized spacial score (nSPS) is 13.7. The van der Waals surface area contributed by atoms with E-state index in [1.807, 2.05) is 54.6 Å². The van der Waals surface area contributed by atoms with Crippen LogP contribution >= 0.6 is 0 Å². The molecule has 0 fully saturated rings. The van der Waals surface area contributed by atoms with Crippen LogP contribution in [-0.2, 0) is 29.3 Å². The van der Waals surface area contributed by atoms with Gasteiger partial charge in [-0.3, -0.25) is 19.3 Å². The monoisotopic (exact) mass is 428 g/mol. The highest BCUT2D eigenvalue weighted by molar-refractivity contribution is 6.22. The number of fused-ring (bicyclic) bond motifs is 1. The van der Waals surface area contributed by atoms with Crippen LogP contribution in [0.25, 0.3) is 0 Å². The topological polar surface area (TPSA) is 75.7 Å². The van der Waals surface area contributed by atoms with E-state index in [0.29, 0.717) is 24.3 Å². The van der Waals surface area contributed by atoms with Gasteiger partial charge in [-0.15, -0.1) is 0 Å². The number of nitrogens with one attached hydrogen (secondary N) is 1. The first-order valence-electron chi connectivity index (χ1n) is 10.5. The van der Waals surface area contributed by atoms with Gasteiger partial charge in [0.1, 0.15) is 6.04 Å². The van der Waals surface area contributed by atoms with E-state index in [2.05, 4.69) is 5.32 Å². The maximum Gasteiger partial charge on any atom is 0.262 e. The molecule has 6 nitrogen and oxygen atoms in total. The molecule has 0 radical (unpaired) electrons. The fourth-order valence-electron chi connectivity index (χ4n) is 3.73. The Morgan fingerprint density at radius 3 is 2.03 bits per heavy atom. The number of carbonyl (C=O) groups excluding carboxylic acids is 3. The Morgan fingerprint density at radius 2 is 1.38 bits per heavy atom. The van der Waals surface area contributed by atoms with E-state index in [4.69, 9.17) is 4.74 Å². The molecule has 3 aromatic carbocycles. The molecule has 1 atom stereocenters. The maximum atomic E-state index is 12.8. The highest BCUT2D eigenvalue weighted by Gasteiger charge is 2.40. The molecule has 0 spiro atoms. The van der Waals surface area contributed by atoms with Gasteiger partial charge in [-0.2, -0.15) is 0 Å². The van der Waals surface area contributed by atoms with Crippen LogP contribution in [0.1, 0.15) is 44.3 Å². The van der Waals surface area contributed by atoms with Crippen molar-refractivity contribution in [3.63, 3.8) is 0 Å². The summed E-state index contributed by atoms with van der Waals surface area (Å²) < 4.78 is 5.84. The van der Waals surface area contributed by atoms with Crippen molar-refractivity contribution in [3.8, 4) is 0 Å². The van der Waals surface area contributed by atoms with Crippen LogP contribution in [0, 0.1) is 0 Å². The molecule has 6 heteroatoms. The third kappa shape index (κ3) is 4.45. The molecule has 3 amide bonds. The summed E-state index contributed by atoms with van der Waals surface area (Å²) in [6.07, 6.45) is 0. The first-order chi connectivity index (χ1) is 15.6. The smallest absolute Gasteiger partial charge is 0.262 e. The Hall–Kier alpha value is -3.77. The number of ether oxygens (including phenoxy) is 1. The number of hydrogen-bond donors (Lipinski definition) is 1. The number of benzene rings is 3. The van der Waals surface area contributed by atoms with Gasteiger partial charge < -0.3 is 10.1 Å². The van der Waals surface area contributed by atoms with Gasteiger partial charge in [0.05, 0.1) is 24.3 Å². The minimum absolute atomic E-state index is 0.275. The molecule has 4 rings (SSSR count). The molecule has 0 saturated heterocycles. The first-order valence-corrected chi connectivity index (χ1v) is 10.5. The zero-order valence-electron chi connectivity index (χ0n) is 17.8. The SMILES string of the molecule is CC(C(=O)NCc1ccccc1COCc1ccccc1)N1C(=O)c2ccccc2C1=O. The fourth-order valence-corrected chi connectivity index (χ4v) is 3.73. The summed E-state index contributed by atoms with van der Waals surface area (Å²) in [6, 6.07) is 23.3. The van der Waals surface area contributed by atoms with Crippen LogP contribution in [0.15, 0.2) is 78.9 Å². The van der Waals surface area contributed by atoms with E-state index in [0.717, 1.165) is 21.6 Å². The summed E-state index contributed by atoms with van der Waals surface area (Å²) in [4.78, 5) is 39.0. The Morgan fingerprint density at radius 1 is 0.812 bits per heavy atom. The van der Waals surface area contributed by atoms with Crippen LogP contribution in [0.3, 0.4) is 0 Å². The summed E-state index contributed by atoms with van der Waals surface area (Å²) in [5.74, 6) is -1.27. The summed E-state index contributed by atoms with van der Waals surface area (Å²) in [6.45, 7) is 2.75. The van der Waals surface area contributed by atoms with Gasteiger partial charge in [-0.25, -0.2) is 0 Å². The lowest BCUT2D eigenvalue weighted by atomic mass is 10.1. The molecule has 32 heavy (non-hydrogen) atoms. The number of amides is 3. The zero-order chi connectivity index (χ0) is 22.5. The van der Waals surface area contributed by atoms with Crippen LogP contribution in [0.2, 0.25) is 0 Å². The summed E-state index contributed by atoms with van der Waals surface area (Å²) in [5, 5.41) is 2.85. The van der Waals surface area contributed by atoms with E-state index in [-0.39, 0.29) is 12.5 Å². The van der Waals surface area contributed by atoms with Gasteiger partial charge in [0.25, 0.3) is 11.8 Å². The van der Waals surface area contributed by atoms with Crippen molar-refractivity contribution in [2.24, 2.45) is 0 Å². The highest BCUT2D eigenvalue weighted by Crippen LogP contribution is 2.24. The van der Waals surface area contributed by atoms with Gasteiger partial charge in [-0.1, -0.05) is 66.7 Å². The molecule has 0 bridgehead atoms. The molecule has 0 saturated carbocycles. The van der Waals surface area contributed by atoms with Crippen molar-refractivity contribution >= 4 is 17.7 Å². The molecule has 1 unspecified atom stereocenters. The molecular weight excluding hydrogens is 404 g/mol. The van der Waals surface area contributed by atoms with Gasteiger partial charge in [0, 0.05) is 6.54 Å². The highest BCUT2D eigenvalue weighted by atomic mass is 16.5. The summed E-state index contributed by atoms with van der Waals surface area (Å²) in [5.41, 5.74) is 3.64. The molecule has 0 aromatic heterocycles. The second-order valence-electron chi connectivity index (χ2n) is 7.67. The molecule has 1 aliphatic heterocycles. The van der Waals surface area contributed by atoms with E-state index in [9.17, 15) is 14.4 Å². The second kappa shape index (κ2) is 9.58. The molecule has 1 aliphatic rings. The summed E-state index contributed by atoms with van der Waals surface area (Å²) in [7, 11) is 0. The quantitative estimate of drug-likeness (QED) is 0.555. The number of nitrogens with zero attached hydrogens (tertiary/aromatic N) is 1. The number of carbonyl (C=O) groups is 3. The molecule has 3 aromatic rings. The zero-order valence-corrected chi connectivity index (χ0v) is 17.8. The lowest BCUT2D eigenvalue weighted by Crippen LogP contribution is -2.47. The Balaban J connectivity index is 1.36. The van der Waals surface area contributed by atoms with Gasteiger partial charge in [-0.05, 0) is 35.7 Å². The van der Waals surface area contributed by atoms with E-state index in [1.165, 1.54) is 0 Å². The van der Waals surface area contributed by atoms with Crippen molar-refractivity contribution in [2.75, 3.05) is 0 Å². The molecule has 1 heterocycles. The standard InChI is InChI=1S/C26H24N2O4/c1-18(28-25(30)22-13-7-8-14-23(22)26(28)31)24(29)27-15-20-11-5-6-12-21(20)17-32-16-19-9-3-2-4-10-19/h2-14,18H,15-17H2,1H3,(H,27,29). The number of imide groups is 1. The van der Waals surface area contributed by atoms with Crippen molar-refractivity contribution < 1.29 is 19.1 Å². The lowest BCUT2D eigenvalue weighted by Gasteiger charge is -2.22. The van der Waals surface area contributed by atoms with Gasteiger partial charge in [0.15, 0.2) is 0 Å². The minimum atomic E-state index is -0.913. The predicted octanol–water partition coefficient (Wildman–Crippen LogP) is 3.70. The molecular formula is C26H24N2O4. The van der Waals surface area contributed by atoms with E-state index < -0.39 is 17.9 Å². The maximum absolute atomic E-state index is 12.8. The van der Waals surface area contributed by atoms with Crippen LogP contribution in [0.4, 0.5) is 0 Å². The third-order valence-electron chi connectivity index (χ3n) is 5.53. The summed E-state index contributed by atoms with van der Waals surface area (Å²) >= 11 is 0. The average Bonchev–Trinajstić information content (AvgIpc) is 3.08. The van der Waals surface area contributed by atoms with Crippen molar-refractivity contribution in [1.82, 2.24) is 10.2 Å². The van der Waals surface area contributed by atoms with Crippen LogP contribution in [0.5, 0.6) is 0 Å². The molecule has 0 aliphatic carbocycles. The van der Waals surface area contributed by atoms with Crippen LogP contribution in [-0.4, -0.2) is 28.7 Å². The van der Waals surface area contributed by atoms with Gasteiger partial charge >= 0.3 is 0 Å². The molecule has 1 N–H and O–H groups in total. The minimum Gasteiger partial charge on any atom is -0.372 e. The van der Waals surface area contributed by atoms with E-state index in [1.54, 1.807) is 31.2 Å². The second-order valence-corrected chi connectivity index (χ2v) is 7.67. The van der Waals surface area contributed by atoms with Crippen molar-refractivity contribution in [3.05, 3.63) is 107 Å². The lowest BCUT2D eigenvalue weighted by molar-refractivity contribution is -0.124. The first kappa shape index (κ1) is 21.5. The van der Waals surface area contributed by atoms with Crippen molar-refractivity contribution in [2.45, 2.75) is 32.7 Å². The van der Waals surface area contributed by atoms with Crippen molar-refractivity contribution in [1.29, 1.82) is 0 Å².